The molecule has 0 saturated carbocycles. The Morgan fingerprint density at radius 3 is 3.00 bits per heavy atom. The van der Waals surface area contributed by atoms with E-state index in [2.05, 4.69) is 10.1 Å². The number of rotatable bonds is 3. The molecule has 2 aromatic rings. The topological polar surface area (TPSA) is 73.5 Å². The quantitative estimate of drug-likeness (QED) is 0.795. The van der Waals surface area contributed by atoms with E-state index in [-0.39, 0.29) is 12.5 Å². The van der Waals surface area contributed by atoms with Crippen LogP contribution in [-0.2, 0) is 16.6 Å². The van der Waals surface area contributed by atoms with Gasteiger partial charge in [0.1, 0.15) is 6.54 Å². The molecule has 0 radical (unpaired) electrons. The molecule has 0 fully saturated rings. The molecule has 6 heteroatoms. The summed E-state index contributed by atoms with van der Waals surface area (Å²) in [6.45, 7) is 0.0772. The molecular formula is C11H12N2O4. The molecule has 0 atom stereocenters. The average molecular weight is 236 g/mol. The van der Waals surface area contributed by atoms with Crippen molar-refractivity contribution in [1.29, 1.82) is 0 Å². The Morgan fingerprint density at radius 1 is 1.53 bits per heavy atom. The molecule has 17 heavy (non-hydrogen) atoms. The first kappa shape index (κ1) is 11.3. The smallest absolute Gasteiger partial charge is 0.419 e. The van der Waals surface area contributed by atoms with Gasteiger partial charge in [-0.3, -0.25) is 9.36 Å². The SMILES string of the molecule is COC(=O)CNc1ccc2oc(=O)n(C)c2c1. The fourth-order valence-electron chi connectivity index (χ4n) is 1.48. The molecule has 0 aliphatic carbocycles. The Hall–Kier alpha value is -2.24. The van der Waals surface area contributed by atoms with Crippen LogP contribution < -0.4 is 11.1 Å². The summed E-state index contributed by atoms with van der Waals surface area (Å²) in [6.07, 6.45) is 0. The van der Waals surface area contributed by atoms with Crippen LogP contribution in [0.25, 0.3) is 11.1 Å². The number of aromatic nitrogens is 1. The van der Waals surface area contributed by atoms with E-state index in [1.54, 1.807) is 25.2 Å². The van der Waals surface area contributed by atoms with Gasteiger partial charge < -0.3 is 14.5 Å². The van der Waals surface area contributed by atoms with E-state index in [0.29, 0.717) is 11.1 Å². The summed E-state index contributed by atoms with van der Waals surface area (Å²) in [6, 6.07) is 5.15. The maximum atomic E-state index is 11.3. The second kappa shape index (κ2) is 4.32. The highest BCUT2D eigenvalue weighted by Gasteiger charge is 2.07. The number of anilines is 1. The fraction of sp³-hybridized carbons (Fsp3) is 0.273. The standard InChI is InChI=1S/C11H12N2O4/c1-13-8-5-7(12-6-10(14)16-2)3-4-9(8)17-11(13)15/h3-5,12H,6H2,1-2H3. The van der Waals surface area contributed by atoms with E-state index in [9.17, 15) is 9.59 Å². The summed E-state index contributed by atoms with van der Waals surface area (Å²) in [5, 5.41) is 2.89. The van der Waals surface area contributed by atoms with Gasteiger partial charge in [0.15, 0.2) is 5.58 Å². The molecule has 0 aliphatic heterocycles. The van der Waals surface area contributed by atoms with Crippen molar-refractivity contribution in [3.63, 3.8) is 0 Å². The normalized spacial score (nSPS) is 10.5. The van der Waals surface area contributed by atoms with E-state index in [1.165, 1.54) is 11.7 Å². The molecule has 0 saturated heterocycles. The lowest BCUT2D eigenvalue weighted by Gasteiger charge is -2.04. The van der Waals surface area contributed by atoms with Crippen molar-refractivity contribution in [2.45, 2.75) is 0 Å². The number of nitrogens with zero attached hydrogens (tertiary/aromatic N) is 1. The van der Waals surface area contributed by atoms with Gasteiger partial charge in [0.25, 0.3) is 0 Å². The monoisotopic (exact) mass is 236 g/mol. The van der Waals surface area contributed by atoms with Crippen molar-refractivity contribution in [2.24, 2.45) is 7.05 Å². The van der Waals surface area contributed by atoms with Crippen LogP contribution in [-0.4, -0.2) is 24.2 Å². The number of oxazole rings is 1. The lowest BCUT2D eigenvalue weighted by Crippen LogP contribution is -2.15. The van der Waals surface area contributed by atoms with E-state index >= 15 is 0 Å². The first-order chi connectivity index (χ1) is 8.11. The van der Waals surface area contributed by atoms with Gasteiger partial charge >= 0.3 is 11.7 Å². The maximum Gasteiger partial charge on any atom is 0.419 e. The molecule has 0 amide bonds. The van der Waals surface area contributed by atoms with Gasteiger partial charge in [-0.2, -0.15) is 0 Å². The molecule has 0 aliphatic rings. The zero-order chi connectivity index (χ0) is 12.4. The predicted molar refractivity (Wildman–Crippen MR) is 62.0 cm³/mol. The molecule has 0 unspecified atom stereocenters. The number of aryl methyl sites for hydroxylation is 1. The van der Waals surface area contributed by atoms with Crippen LogP contribution in [0.4, 0.5) is 5.69 Å². The lowest BCUT2D eigenvalue weighted by molar-refractivity contribution is -0.138. The second-order valence-electron chi connectivity index (χ2n) is 3.54. The van der Waals surface area contributed by atoms with Crippen molar-refractivity contribution in [3.8, 4) is 0 Å². The van der Waals surface area contributed by atoms with Gasteiger partial charge in [0.2, 0.25) is 0 Å². The molecule has 1 N–H and O–H groups in total. The van der Waals surface area contributed by atoms with E-state index in [0.717, 1.165) is 5.69 Å². The first-order valence-corrected chi connectivity index (χ1v) is 5.02. The lowest BCUT2D eigenvalue weighted by atomic mass is 10.3. The van der Waals surface area contributed by atoms with Gasteiger partial charge in [0.05, 0.1) is 12.6 Å². The molecule has 2 rings (SSSR count). The zero-order valence-electron chi connectivity index (χ0n) is 9.52. The van der Waals surface area contributed by atoms with Crippen molar-refractivity contribution in [2.75, 3.05) is 19.0 Å². The zero-order valence-corrected chi connectivity index (χ0v) is 9.52. The highest BCUT2D eigenvalue weighted by molar-refractivity contribution is 5.80. The highest BCUT2D eigenvalue weighted by atomic mass is 16.5. The number of fused-ring (bicyclic) bond motifs is 1. The third-order valence-electron chi connectivity index (χ3n) is 2.46. The number of ether oxygens (including phenoxy) is 1. The molecule has 0 bridgehead atoms. The Balaban J connectivity index is 2.28. The average Bonchev–Trinajstić information content (AvgIpc) is 2.62. The third-order valence-corrected chi connectivity index (χ3v) is 2.46. The molecular weight excluding hydrogens is 224 g/mol. The molecule has 90 valence electrons. The Labute approximate surface area is 96.8 Å². The van der Waals surface area contributed by atoms with Crippen LogP contribution in [0.3, 0.4) is 0 Å². The number of methoxy groups -OCH3 is 1. The summed E-state index contributed by atoms with van der Waals surface area (Å²) >= 11 is 0. The number of hydrogen-bond donors (Lipinski definition) is 1. The Bertz CT molecular complexity index is 611. The number of esters is 1. The minimum Gasteiger partial charge on any atom is -0.468 e. The van der Waals surface area contributed by atoms with Gasteiger partial charge in [0, 0.05) is 12.7 Å². The van der Waals surface area contributed by atoms with Crippen molar-refractivity contribution in [3.05, 3.63) is 28.7 Å². The Kier molecular flexibility index (Phi) is 2.86. The maximum absolute atomic E-state index is 11.3. The van der Waals surface area contributed by atoms with Gasteiger partial charge in [-0.1, -0.05) is 0 Å². The summed E-state index contributed by atoms with van der Waals surface area (Å²) in [5.74, 6) is -0.767. The van der Waals surface area contributed by atoms with Crippen LogP contribution in [0.15, 0.2) is 27.4 Å². The summed E-state index contributed by atoms with van der Waals surface area (Å²) < 4.78 is 10.9. The molecule has 1 aromatic carbocycles. The molecule has 0 spiro atoms. The minimum absolute atomic E-state index is 0.0772. The van der Waals surface area contributed by atoms with Gasteiger partial charge in [-0.15, -0.1) is 0 Å². The second-order valence-corrected chi connectivity index (χ2v) is 3.54. The summed E-state index contributed by atoms with van der Waals surface area (Å²) in [5.41, 5.74) is 1.91. The number of benzene rings is 1. The van der Waals surface area contributed by atoms with E-state index < -0.39 is 5.76 Å². The first-order valence-electron chi connectivity index (χ1n) is 5.02. The number of carbonyl (C=O) groups is 1. The summed E-state index contributed by atoms with van der Waals surface area (Å²) in [4.78, 5) is 22.2. The minimum atomic E-state index is -0.412. The third kappa shape index (κ3) is 2.15. The number of carbonyl (C=O) groups excluding carboxylic acids is 1. The van der Waals surface area contributed by atoms with Gasteiger partial charge in [-0.25, -0.2) is 4.79 Å². The van der Waals surface area contributed by atoms with Crippen LogP contribution in [0.5, 0.6) is 0 Å². The molecule has 6 nitrogen and oxygen atoms in total. The number of nitrogens with one attached hydrogen (secondary N) is 1. The predicted octanol–water partition coefficient (Wildman–Crippen LogP) is 0.716. The van der Waals surface area contributed by atoms with Crippen molar-refractivity contribution in [1.82, 2.24) is 4.57 Å². The Morgan fingerprint density at radius 2 is 2.29 bits per heavy atom. The highest BCUT2D eigenvalue weighted by Crippen LogP contribution is 2.17. The number of hydrogen-bond acceptors (Lipinski definition) is 5. The van der Waals surface area contributed by atoms with Crippen LogP contribution in [0.1, 0.15) is 0 Å². The van der Waals surface area contributed by atoms with Crippen LogP contribution in [0, 0.1) is 0 Å². The van der Waals surface area contributed by atoms with E-state index in [1.807, 2.05) is 0 Å². The van der Waals surface area contributed by atoms with E-state index in [4.69, 9.17) is 4.42 Å². The summed E-state index contributed by atoms with van der Waals surface area (Å²) in [7, 11) is 2.95. The van der Waals surface area contributed by atoms with Crippen LogP contribution >= 0.6 is 0 Å². The van der Waals surface area contributed by atoms with Crippen molar-refractivity contribution >= 4 is 22.8 Å². The largest absolute Gasteiger partial charge is 0.468 e. The fourth-order valence-corrected chi connectivity index (χ4v) is 1.48. The van der Waals surface area contributed by atoms with Crippen LogP contribution in [0.2, 0.25) is 0 Å². The molecule has 1 aromatic heterocycles. The van der Waals surface area contributed by atoms with Gasteiger partial charge in [-0.05, 0) is 18.2 Å². The molecule has 1 heterocycles. The van der Waals surface area contributed by atoms with Crippen molar-refractivity contribution < 1.29 is 13.9 Å².